The van der Waals surface area contributed by atoms with Crippen molar-refractivity contribution < 1.29 is 19.7 Å². The van der Waals surface area contributed by atoms with Gasteiger partial charge in [-0.15, -0.1) is 0 Å². The van der Waals surface area contributed by atoms with Crippen LogP contribution in [0.25, 0.3) is 10.9 Å². The van der Waals surface area contributed by atoms with E-state index in [1.165, 1.54) is 7.11 Å². The molecule has 0 aliphatic heterocycles. The highest BCUT2D eigenvalue weighted by Gasteiger charge is 2.16. The summed E-state index contributed by atoms with van der Waals surface area (Å²) in [5.74, 6) is -0.483. The van der Waals surface area contributed by atoms with E-state index in [-0.39, 0.29) is 12.2 Å². The number of benzene rings is 1. The smallest absolute Gasteiger partial charge is 0.335 e. The summed E-state index contributed by atoms with van der Waals surface area (Å²) in [5, 5.41) is 19.6. The van der Waals surface area contributed by atoms with Crippen molar-refractivity contribution in [2.24, 2.45) is 0 Å². The first-order chi connectivity index (χ1) is 8.10. The van der Waals surface area contributed by atoms with E-state index in [0.717, 1.165) is 10.9 Å². The molecule has 3 N–H and O–H groups in total. The first-order valence-electron chi connectivity index (χ1n) is 5.16. The summed E-state index contributed by atoms with van der Waals surface area (Å²) in [6.45, 7) is 0. The molecule has 0 aliphatic rings. The van der Waals surface area contributed by atoms with Crippen LogP contribution in [0.4, 0.5) is 0 Å². The highest BCUT2D eigenvalue weighted by molar-refractivity contribution is 5.82. The van der Waals surface area contributed by atoms with Crippen LogP contribution in [-0.2, 0) is 16.0 Å². The summed E-state index contributed by atoms with van der Waals surface area (Å²) in [5.41, 5.74) is 1.55. The monoisotopic (exact) mass is 235 g/mol. The Kier molecular flexibility index (Phi) is 3.01. The molecule has 0 aliphatic carbocycles. The number of rotatable bonds is 3. The molecule has 17 heavy (non-hydrogen) atoms. The number of aliphatic hydroxyl groups is 1. The molecule has 90 valence electrons. The zero-order valence-corrected chi connectivity index (χ0v) is 9.30. The van der Waals surface area contributed by atoms with Gasteiger partial charge in [-0.25, -0.2) is 4.79 Å². The van der Waals surface area contributed by atoms with Crippen molar-refractivity contribution in [2.75, 3.05) is 7.11 Å². The molecule has 2 rings (SSSR count). The molecule has 1 heterocycles. The van der Waals surface area contributed by atoms with Gasteiger partial charge in [0.05, 0.1) is 7.11 Å². The molecular weight excluding hydrogens is 222 g/mol. The highest BCUT2D eigenvalue weighted by Crippen LogP contribution is 2.21. The molecule has 0 bridgehead atoms. The number of nitrogens with one attached hydrogen (secondary N) is 1. The number of H-pyrrole nitrogens is 1. The van der Waals surface area contributed by atoms with Gasteiger partial charge < -0.3 is 19.9 Å². The number of phenolic OH excluding ortho intramolecular Hbond substituents is 1. The van der Waals surface area contributed by atoms with Crippen molar-refractivity contribution in [2.45, 2.75) is 12.5 Å². The summed E-state index contributed by atoms with van der Waals surface area (Å²) in [7, 11) is 1.23. The van der Waals surface area contributed by atoms with Crippen molar-refractivity contribution in [3.05, 3.63) is 30.0 Å². The molecule has 0 fully saturated rings. The number of aromatic hydroxyl groups is 1. The number of aliphatic hydroxyl groups excluding tert-OH is 1. The van der Waals surface area contributed by atoms with E-state index in [4.69, 9.17) is 0 Å². The number of hydrogen-bond acceptors (Lipinski definition) is 4. The van der Waals surface area contributed by atoms with Crippen LogP contribution >= 0.6 is 0 Å². The lowest BCUT2D eigenvalue weighted by Gasteiger charge is -2.05. The van der Waals surface area contributed by atoms with E-state index in [2.05, 4.69) is 9.72 Å². The minimum atomic E-state index is -1.18. The SMILES string of the molecule is COC(=O)[C@H](O)Cc1cc2cc(O)ccc2[nH]1. The topological polar surface area (TPSA) is 82.6 Å². The maximum absolute atomic E-state index is 11.1. The Morgan fingerprint density at radius 1 is 1.47 bits per heavy atom. The molecule has 5 nitrogen and oxygen atoms in total. The Hall–Kier alpha value is -2.01. The van der Waals surface area contributed by atoms with E-state index in [9.17, 15) is 15.0 Å². The highest BCUT2D eigenvalue weighted by atomic mass is 16.5. The zero-order valence-electron chi connectivity index (χ0n) is 9.30. The maximum Gasteiger partial charge on any atom is 0.335 e. The third-order valence-corrected chi connectivity index (χ3v) is 2.55. The van der Waals surface area contributed by atoms with Crippen LogP contribution in [0.1, 0.15) is 5.69 Å². The molecule has 1 aromatic carbocycles. The standard InChI is InChI=1S/C12H13NO4/c1-17-12(16)11(15)6-8-4-7-5-9(14)2-3-10(7)13-8/h2-5,11,13-15H,6H2,1H3/t11-/m1/s1. The lowest BCUT2D eigenvalue weighted by molar-refractivity contribution is -0.150. The summed E-state index contributed by atoms with van der Waals surface area (Å²) in [4.78, 5) is 14.1. The minimum absolute atomic E-state index is 0.155. The first-order valence-corrected chi connectivity index (χ1v) is 5.16. The Bertz CT molecular complexity index is 546. The van der Waals surface area contributed by atoms with Crippen molar-refractivity contribution in [3.8, 4) is 5.75 Å². The van der Waals surface area contributed by atoms with Crippen LogP contribution in [0, 0.1) is 0 Å². The summed E-state index contributed by atoms with van der Waals surface area (Å²) >= 11 is 0. The number of hydrogen-bond donors (Lipinski definition) is 3. The van der Waals surface area contributed by atoms with Crippen LogP contribution in [0.5, 0.6) is 5.75 Å². The molecule has 0 unspecified atom stereocenters. The van der Waals surface area contributed by atoms with Gasteiger partial charge in [-0.2, -0.15) is 0 Å². The zero-order chi connectivity index (χ0) is 12.4. The van der Waals surface area contributed by atoms with E-state index in [1.54, 1.807) is 24.3 Å². The van der Waals surface area contributed by atoms with Gasteiger partial charge in [0.1, 0.15) is 5.75 Å². The van der Waals surface area contributed by atoms with Gasteiger partial charge in [0.25, 0.3) is 0 Å². The van der Waals surface area contributed by atoms with E-state index < -0.39 is 12.1 Å². The van der Waals surface area contributed by atoms with Crippen LogP contribution in [-0.4, -0.2) is 34.4 Å². The quantitative estimate of drug-likeness (QED) is 0.692. The van der Waals surface area contributed by atoms with Crippen LogP contribution in [0.3, 0.4) is 0 Å². The lowest BCUT2D eigenvalue weighted by atomic mass is 10.2. The van der Waals surface area contributed by atoms with E-state index in [0.29, 0.717) is 5.69 Å². The van der Waals surface area contributed by atoms with Crippen molar-refractivity contribution in [1.29, 1.82) is 0 Å². The second kappa shape index (κ2) is 4.47. The van der Waals surface area contributed by atoms with Gasteiger partial charge >= 0.3 is 5.97 Å². The fraction of sp³-hybridized carbons (Fsp3) is 0.250. The molecule has 2 aromatic rings. The second-order valence-electron chi connectivity index (χ2n) is 3.81. The Morgan fingerprint density at radius 2 is 2.24 bits per heavy atom. The summed E-state index contributed by atoms with van der Waals surface area (Å²) in [6.07, 6.45) is -1.02. The van der Waals surface area contributed by atoms with Crippen LogP contribution < -0.4 is 0 Å². The van der Waals surface area contributed by atoms with Gasteiger partial charge in [-0.05, 0) is 24.3 Å². The van der Waals surface area contributed by atoms with Gasteiger partial charge in [-0.1, -0.05) is 0 Å². The molecule has 1 aromatic heterocycles. The Labute approximate surface area is 97.6 Å². The minimum Gasteiger partial charge on any atom is -0.508 e. The number of phenols is 1. The normalized spacial score (nSPS) is 12.6. The second-order valence-corrected chi connectivity index (χ2v) is 3.81. The number of esters is 1. The van der Waals surface area contributed by atoms with E-state index >= 15 is 0 Å². The van der Waals surface area contributed by atoms with Crippen molar-refractivity contribution in [1.82, 2.24) is 4.98 Å². The number of aromatic amines is 1. The Morgan fingerprint density at radius 3 is 2.94 bits per heavy atom. The molecule has 0 saturated heterocycles. The summed E-state index contributed by atoms with van der Waals surface area (Å²) in [6, 6.07) is 6.69. The third kappa shape index (κ3) is 2.39. The molecule has 5 heteroatoms. The van der Waals surface area contributed by atoms with Crippen molar-refractivity contribution in [3.63, 3.8) is 0 Å². The largest absolute Gasteiger partial charge is 0.508 e. The molecule has 0 radical (unpaired) electrons. The number of ether oxygens (including phenoxy) is 1. The van der Waals surface area contributed by atoms with Crippen molar-refractivity contribution >= 4 is 16.9 Å². The van der Waals surface area contributed by atoms with Crippen LogP contribution in [0.2, 0.25) is 0 Å². The molecule has 1 atom stereocenters. The number of aromatic nitrogens is 1. The lowest BCUT2D eigenvalue weighted by Crippen LogP contribution is -2.24. The maximum atomic E-state index is 11.1. The summed E-state index contributed by atoms with van der Waals surface area (Å²) < 4.78 is 4.43. The average molecular weight is 235 g/mol. The fourth-order valence-electron chi connectivity index (χ4n) is 1.72. The molecular formula is C12H13NO4. The Balaban J connectivity index is 2.22. The number of fused-ring (bicyclic) bond motifs is 1. The molecule has 0 amide bonds. The van der Waals surface area contributed by atoms with Gasteiger partial charge in [0.2, 0.25) is 0 Å². The molecule has 0 saturated carbocycles. The number of carbonyl (C=O) groups excluding carboxylic acids is 1. The third-order valence-electron chi connectivity index (χ3n) is 2.55. The van der Waals surface area contributed by atoms with Crippen LogP contribution in [0.15, 0.2) is 24.3 Å². The predicted octanol–water partition coefficient (Wildman–Crippen LogP) is 0.950. The first kappa shape index (κ1) is 11.5. The number of methoxy groups -OCH3 is 1. The average Bonchev–Trinajstić information content (AvgIpc) is 2.69. The fourth-order valence-corrected chi connectivity index (χ4v) is 1.72. The van der Waals surface area contributed by atoms with Gasteiger partial charge in [-0.3, -0.25) is 0 Å². The van der Waals surface area contributed by atoms with Gasteiger partial charge in [0.15, 0.2) is 6.10 Å². The predicted molar refractivity (Wildman–Crippen MR) is 61.7 cm³/mol. The van der Waals surface area contributed by atoms with E-state index in [1.807, 2.05) is 0 Å². The van der Waals surface area contributed by atoms with Gasteiger partial charge in [0, 0.05) is 23.0 Å². The molecule has 0 spiro atoms. The number of carbonyl (C=O) groups is 1.